The Hall–Kier alpha value is -0.660. The van der Waals surface area contributed by atoms with E-state index in [1.807, 2.05) is 13.8 Å². The Morgan fingerprint density at radius 2 is 1.81 bits per heavy atom. The fraction of sp³-hybridized carbons (Fsp3) is 0.571. The van der Waals surface area contributed by atoms with Crippen LogP contribution >= 0.6 is 11.6 Å². The minimum Gasteiger partial charge on any atom is -0.314 e. The van der Waals surface area contributed by atoms with Gasteiger partial charge in [-0.1, -0.05) is 11.6 Å². The second kappa shape index (κ2) is 6.62. The van der Waals surface area contributed by atoms with E-state index in [0.717, 1.165) is 26.2 Å². The summed E-state index contributed by atoms with van der Waals surface area (Å²) < 4.78 is 27.6. The first kappa shape index (κ1) is 16.7. The van der Waals surface area contributed by atoms with Crippen molar-refractivity contribution in [1.82, 2.24) is 14.9 Å². The number of rotatable bonds is 5. The lowest BCUT2D eigenvalue weighted by Crippen LogP contribution is -2.55. The molecule has 2 rings (SSSR count). The third-order valence-electron chi connectivity index (χ3n) is 3.36. The van der Waals surface area contributed by atoms with E-state index in [-0.39, 0.29) is 4.90 Å². The highest BCUT2D eigenvalue weighted by Crippen LogP contribution is 2.17. The lowest BCUT2D eigenvalue weighted by atomic mass is 10.1. The van der Waals surface area contributed by atoms with Gasteiger partial charge in [0.25, 0.3) is 0 Å². The molecule has 0 unspecified atom stereocenters. The number of hydrogen-bond donors (Lipinski definition) is 2. The van der Waals surface area contributed by atoms with E-state index in [2.05, 4.69) is 14.9 Å². The Morgan fingerprint density at radius 3 is 2.38 bits per heavy atom. The lowest BCUT2D eigenvalue weighted by Gasteiger charge is -2.35. The first-order valence-corrected chi connectivity index (χ1v) is 8.87. The Bertz CT molecular complexity index is 566. The molecule has 1 aliphatic heterocycles. The number of benzene rings is 1. The van der Waals surface area contributed by atoms with Gasteiger partial charge in [0, 0.05) is 43.3 Å². The van der Waals surface area contributed by atoms with Crippen molar-refractivity contribution in [3.05, 3.63) is 29.3 Å². The molecule has 0 bridgehead atoms. The minimum atomic E-state index is -3.54. The highest BCUT2D eigenvalue weighted by Gasteiger charge is 2.28. The van der Waals surface area contributed by atoms with Crippen molar-refractivity contribution in [2.45, 2.75) is 24.3 Å². The van der Waals surface area contributed by atoms with Crippen LogP contribution in [0.5, 0.6) is 0 Å². The normalized spacial score (nSPS) is 17.9. The maximum Gasteiger partial charge on any atom is 0.241 e. The highest BCUT2D eigenvalue weighted by atomic mass is 35.5. The quantitative estimate of drug-likeness (QED) is 0.854. The summed E-state index contributed by atoms with van der Waals surface area (Å²) in [5, 5.41) is 3.81. The van der Waals surface area contributed by atoms with Crippen LogP contribution in [0.25, 0.3) is 0 Å². The molecule has 0 saturated carbocycles. The van der Waals surface area contributed by atoms with Crippen molar-refractivity contribution in [1.29, 1.82) is 0 Å². The molecule has 118 valence electrons. The molecule has 7 heteroatoms. The molecule has 0 amide bonds. The molecule has 0 aliphatic carbocycles. The average Bonchev–Trinajstić information content (AvgIpc) is 2.38. The molecular formula is C14H22ClN3O2S. The van der Waals surface area contributed by atoms with Gasteiger partial charge in [0.15, 0.2) is 0 Å². The Balaban J connectivity index is 2.05. The molecule has 0 aromatic heterocycles. The van der Waals surface area contributed by atoms with Crippen LogP contribution in [0.15, 0.2) is 29.2 Å². The zero-order chi connectivity index (χ0) is 15.5. The third-order valence-corrected chi connectivity index (χ3v) is 5.33. The summed E-state index contributed by atoms with van der Waals surface area (Å²) in [6.07, 6.45) is 0. The van der Waals surface area contributed by atoms with Gasteiger partial charge in [-0.25, -0.2) is 13.1 Å². The SMILES string of the molecule is CC(C)(CN1CCNCC1)NS(=O)(=O)c1ccc(Cl)cc1. The molecular weight excluding hydrogens is 310 g/mol. The van der Waals surface area contributed by atoms with E-state index in [9.17, 15) is 8.42 Å². The lowest BCUT2D eigenvalue weighted by molar-refractivity contribution is 0.194. The fourth-order valence-electron chi connectivity index (χ4n) is 2.50. The van der Waals surface area contributed by atoms with E-state index < -0.39 is 15.6 Å². The standard InChI is InChI=1S/C14H22ClN3O2S/c1-14(2,11-18-9-7-16-8-10-18)17-21(19,20)13-5-3-12(15)4-6-13/h3-6,16-17H,7-11H2,1-2H3. The second-order valence-corrected chi connectivity index (χ2v) is 8.09. The summed E-state index contributed by atoms with van der Waals surface area (Å²) >= 11 is 5.80. The number of nitrogens with one attached hydrogen (secondary N) is 2. The predicted octanol–water partition coefficient (Wildman–Crippen LogP) is 1.30. The van der Waals surface area contributed by atoms with Crippen molar-refractivity contribution >= 4 is 21.6 Å². The maximum absolute atomic E-state index is 12.4. The topological polar surface area (TPSA) is 61.4 Å². The average molecular weight is 332 g/mol. The molecule has 0 atom stereocenters. The molecule has 1 aliphatic rings. The van der Waals surface area contributed by atoms with Gasteiger partial charge < -0.3 is 5.32 Å². The molecule has 21 heavy (non-hydrogen) atoms. The molecule has 0 spiro atoms. The van der Waals surface area contributed by atoms with Crippen LogP contribution in [0.4, 0.5) is 0 Å². The molecule has 1 heterocycles. The number of piperazine rings is 1. The summed E-state index contributed by atoms with van der Waals surface area (Å²) in [4.78, 5) is 2.50. The van der Waals surface area contributed by atoms with E-state index >= 15 is 0 Å². The minimum absolute atomic E-state index is 0.236. The number of halogens is 1. The summed E-state index contributed by atoms with van der Waals surface area (Å²) in [5.41, 5.74) is -0.532. The van der Waals surface area contributed by atoms with Gasteiger partial charge in [0.05, 0.1) is 4.90 Å². The first-order chi connectivity index (χ1) is 9.78. The van der Waals surface area contributed by atoms with E-state index in [4.69, 9.17) is 11.6 Å². The van der Waals surface area contributed by atoms with Crippen LogP contribution in [-0.4, -0.2) is 51.6 Å². The van der Waals surface area contributed by atoms with Crippen molar-refractivity contribution in [2.24, 2.45) is 0 Å². The largest absolute Gasteiger partial charge is 0.314 e. The third kappa shape index (κ3) is 4.93. The van der Waals surface area contributed by atoms with Crippen molar-refractivity contribution in [2.75, 3.05) is 32.7 Å². The summed E-state index contributed by atoms with van der Waals surface area (Å²) in [5.74, 6) is 0. The van der Waals surface area contributed by atoms with Crippen LogP contribution in [0.2, 0.25) is 5.02 Å². The maximum atomic E-state index is 12.4. The van der Waals surface area contributed by atoms with E-state index in [1.54, 1.807) is 12.1 Å². The van der Waals surface area contributed by atoms with Crippen molar-refractivity contribution < 1.29 is 8.42 Å². The van der Waals surface area contributed by atoms with Gasteiger partial charge in [-0.15, -0.1) is 0 Å². The van der Waals surface area contributed by atoms with Crippen LogP contribution in [0.1, 0.15) is 13.8 Å². The molecule has 1 aromatic carbocycles. The fourth-order valence-corrected chi connectivity index (χ4v) is 4.03. The molecule has 1 aromatic rings. The Morgan fingerprint density at radius 1 is 1.24 bits per heavy atom. The van der Waals surface area contributed by atoms with Gasteiger partial charge in [0.1, 0.15) is 0 Å². The van der Waals surface area contributed by atoms with Gasteiger partial charge in [-0.3, -0.25) is 4.90 Å². The zero-order valence-corrected chi connectivity index (χ0v) is 14.0. The molecule has 2 N–H and O–H groups in total. The number of sulfonamides is 1. The summed E-state index contributed by atoms with van der Waals surface area (Å²) in [6, 6.07) is 6.20. The zero-order valence-electron chi connectivity index (χ0n) is 12.4. The number of hydrogen-bond acceptors (Lipinski definition) is 4. The van der Waals surface area contributed by atoms with Crippen LogP contribution in [0.3, 0.4) is 0 Å². The van der Waals surface area contributed by atoms with Gasteiger partial charge >= 0.3 is 0 Å². The Kier molecular flexibility index (Phi) is 5.27. The van der Waals surface area contributed by atoms with Crippen LogP contribution in [-0.2, 0) is 10.0 Å². The molecule has 1 saturated heterocycles. The monoisotopic (exact) mass is 331 g/mol. The van der Waals surface area contributed by atoms with Crippen LogP contribution < -0.4 is 10.0 Å². The van der Waals surface area contributed by atoms with Crippen LogP contribution in [0, 0.1) is 0 Å². The predicted molar refractivity (Wildman–Crippen MR) is 85.2 cm³/mol. The molecule has 0 radical (unpaired) electrons. The van der Waals surface area contributed by atoms with Gasteiger partial charge in [0.2, 0.25) is 10.0 Å². The molecule has 5 nitrogen and oxygen atoms in total. The second-order valence-electron chi connectivity index (χ2n) is 5.97. The van der Waals surface area contributed by atoms with Crippen molar-refractivity contribution in [3.8, 4) is 0 Å². The summed E-state index contributed by atoms with van der Waals surface area (Å²) in [6.45, 7) is 8.25. The van der Waals surface area contributed by atoms with E-state index in [0.29, 0.717) is 11.6 Å². The van der Waals surface area contributed by atoms with Gasteiger partial charge in [-0.05, 0) is 38.1 Å². The van der Waals surface area contributed by atoms with Gasteiger partial charge in [-0.2, -0.15) is 0 Å². The van der Waals surface area contributed by atoms with E-state index in [1.165, 1.54) is 12.1 Å². The number of nitrogens with zero attached hydrogens (tertiary/aromatic N) is 1. The first-order valence-electron chi connectivity index (χ1n) is 7.01. The molecule has 1 fully saturated rings. The Labute approximate surface area is 131 Å². The smallest absolute Gasteiger partial charge is 0.241 e. The summed E-state index contributed by atoms with van der Waals surface area (Å²) in [7, 11) is -3.54. The highest BCUT2D eigenvalue weighted by molar-refractivity contribution is 7.89. The van der Waals surface area contributed by atoms with Crippen molar-refractivity contribution in [3.63, 3.8) is 0 Å².